The van der Waals surface area contributed by atoms with E-state index >= 15 is 0 Å². The van der Waals surface area contributed by atoms with Crippen LogP contribution in [0.15, 0.2) is 12.7 Å². The summed E-state index contributed by atoms with van der Waals surface area (Å²) in [6.45, 7) is 0.719. The van der Waals surface area contributed by atoms with Crippen molar-refractivity contribution in [3.8, 4) is 0 Å². The van der Waals surface area contributed by atoms with E-state index in [0.717, 1.165) is 19.4 Å². The summed E-state index contributed by atoms with van der Waals surface area (Å²) in [5.41, 5.74) is 1.30. The minimum atomic E-state index is -1.23. The van der Waals surface area contributed by atoms with Crippen molar-refractivity contribution >= 4 is 29.9 Å². The van der Waals surface area contributed by atoms with E-state index in [1.54, 1.807) is 6.33 Å². The van der Waals surface area contributed by atoms with Gasteiger partial charge in [0.2, 0.25) is 0 Å². The molecule has 8 heteroatoms. The number of hydrogen-bond acceptors (Lipinski definition) is 5. The van der Waals surface area contributed by atoms with Crippen molar-refractivity contribution in [3.63, 3.8) is 0 Å². The molecule has 2 heterocycles. The number of nitrogens with zero attached hydrogens (tertiary/aromatic N) is 4. The highest BCUT2D eigenvalue weighted by molar-refractivity contribution is 6.40. The van der Waals surface area contributed by atoms with Crippen molar-refractivity contribution < 1.29 is 10.0 Å². The Kier molecular flexibility index (Phi) is 3.93. The minimum Gasteiger partial charge on any atom is -0.427 e. The summed E-state index contributed by atoms with van der Waals surface area (Å²) in [5.74, 6) is 0. The van der Waals surface area contributed by atoms with Crippen LogP contribution < -0.4 is 0 Å². The zero-order chi connectivity index (χ0) is 12.3. The van der Waals surface area contributed by atoms with Crippen LogP contribution in [0.1, 0.15) is 12.8 Å². The monoisotopic (exact) mass is 254 g/mol. The standard InChI is InChI=1S/C9H12BClN4O2/c11-8-7-9(13-5-12-8)15(6-14-7)4-2-1-3-10(16)17/h5-6,16-17H,1-4H2. The number of fused-ring (bicyclic) bond motifs is 1. The fourth-order valence-electron chi connectivity index (χ4n) is 1.62. The molecule has 2 aromatic heterocycles. The maximum atomic E-state index is 8.72. The van der Waals surface area contributed by atoms with Crippen molar-refractivity contribution in [1.82, 2.24) is 19.5 Å². The Morgan fingerprint density at radius 3 is 2.82 bits per heavy atom. The molecule has 0 amide bonds. The summed E-state index contributed by atoms with van der Waals surface area (Å²) in [6, 6.07) is 0. The average molecular weight is 254 g/mol. The first-order chi connectivity index (χ1) is 8.18. The molecule has 0 fully saturated rings. The highest BCUT2D eigenvalue weighted by atomic mass is 35.5. The second-order valence-electron chi connectivity index (χ2n) is 3.75. The van der Waals surface area contributed by atoms with Crippen molar-refractivity contribution in [3.05, 3.63) is 17.8 Å². The quantitative estimate of drug-likeness (QED) is 0.467. The summed E-state index contributed by atoms with van der Waals surface area (Å²) < 4.78 is 1.88. The first-order valence-corrected chi connectivity index (χ1v) is 5.74. The van der Waals surface area contributed by atoms with Gasteiger partial charge < -0.3 is 14.6 Å². The molecule has 0 saturated carbocycles. The Labute approximate surface area is 103 Å². The van der Waals surface area contributed by atoms with Crippen LogP contribution in [0.2, 0.25) is 11.5 Å². The molecule has 0 aliphatic carbocycles. The smallest absolute Gasteiger partial charge is 0.427 e. The highest BCUT2D eigenvalue weighted by Crippen LogP contribution is 2.17. The Bertz CT molecular complexity index is 505. The first-order valence-electron chi connectivity index (χ1n) is 5.36. The van der Waals surface area contributed by atoms with Crippen LogP contribution in [0.25, 0.3) is 11.2 Å². The average Bonchev–Trinajstić information content (AvgIpc) is 2.69. The van der Waals surface area contributed by atoms with Crippen LogP contribution in [0.4, 0.5) is 0 Å². The zero-order valence-electron chi connectivity index (χ0n) is 9.12. The van der Waals surface area contributed by atoms with E-state index in [1.807, 2.05) is 4.57 Å². The molecule has 90 valence electrons. The van der Waals surface area contributed by atoms with Crippen LogP contribution in [-0.4, -0.2) is 36.7 Å². The topological polar surface area (TPSA) is 84.1 Å². The van der Waals surface area contributed by atoms with E-state index in [2.05, 4.69) is 15.0 Å². The Morgan fingerprint density at radius 1 is 1.24 bits per heavy atom. The van der Waals surface area contributed by atoms with E-state index in [-0.39, 0.29) is 0 Å². The van der Waals surface area contributed by atoms with Crippen molar-refractivity contribution in [1.29, 1.82) is 0 Å². The van der Waals surface area contributed by atoms with Gasteiger partial charge >= 0.3 is 7.12 Å². The Morgan fingerprint density at radius 2 is 2.06 bits per heavy atom. The molecule has 0 saturated heterocycles. The second-order valence-corrected chi connectivity index (χ2v) is 4.11. The molecule has 0 radical (unpaired) electrons. The fourth-order valence-corrected chi connectivity index (χ4v) is 1.80. The molecule has 2 rings (SSSR count). The van der Waals surface area contributed by atoms with Crippen LogP contribution >= 0.6 is 11.6 Å². The number of halogens is 1. The third kappa shape index (κ3) is 2.93. The molecule has 0 aliphatic rings. The second kappa shape index (κ2) is 5.44. The predicted octanol–water partition coefficient (Wildman–Crippen LogP) is 0.733. The van der Waals surface area contributed by atoms with Gasteiger partial charge in [-0.15, -0.1) is 0 Å². The van der Waals surface area contributed by atoms with Crippen molar-refractivity contribution in [2.24, 2.45) is 0 Å². The molecular formula is C9H12BClN4O2. The lowest BCUT2D eigenvalue weighted by Crippen LogP contribution is -2.10. The molecule has 0 spiro atoms. The normalized spacial score (nSPS) is 11.0. The number of aromatic nitrogens is 4. The fraction of sp³-hybridized carbons (Fsp3) is 0.444. The number of aryl methyl sites for hydroxylation is 1. The van der Waals surface area contributed by atoms with E-state index < -0.39 is 7.12 Å². The van der Waals surface area contributed by atoms with E-state index in [4.69, 9.17) is 21.6 Å². The maximum absolute atomic E-state index is 8.72. The maximum Gasteiger partial charge on any atom is 0.451 e. The van der Waals surface area contributed by atoms with Crippen LogP contribution in [0, 0.1) is 0 Å². The largest absolute Gasteiger partial charge is 0.451 e. The molecule has 17 heavy (non-hydrogen) atoms. The Balaban J connectivity index is 2.02. The molecule has 0 unspecified atom stereocenters. The van der Waals surface area contributed by atoms with Gasteiger partial charge in [0.1, 0.15) is 11.8 Å². The SMILES string of the molecule is OB(O)CCCCn1cnc2c(Cl)ncnc21. The van der Waals surface area contributed by atoms with Crippen molar-refractivity contribution in [2.45, 2.75) is 25.7 Å². The molecule has 0 aliphatic heterocycles. The van der Waals surface area contributed by atoms with Gasteiger partial charge in [-0.2, -0.15) is 0 Å². The van der Waals surface area contributed by atoms with Gasteiger partial charge in [0, 0.05) is 6.54 Å². The molecule has 0 bridgehead atoms. The molecule has 6 nitrogen and oxygen atoms in total. The summed E-state index contributed by atoms with van der Waals surface area (Å²) in [4.78, 5) is 12.1. The number of hydrogen-bond donors (Lipinski definition) is 2. The molecule has 2 N–H and O–H groups in total. The number of imidazole rings is 1. The Hall–Kier alpha value is -1.18. The summed E-state index contributed by atoms with van der Waals surface area (Å²) in [6.07, 6.45) is 5.00. The van der Waals surface area contributed by atoms with Gasteiger partial charge in [-0.25, -0.2) is 15.0 Å². The zero-order valence-corrected chi connectivity index (χ0v) is 9.88. The summed E-state index contributed by atoms with van der Waals surface area (Å²) in [7, 11) is -1.23. The van der Waals surface area contributed by atoms with Crippen molar-refractivity contribution in [2.75, 3.05) is 0 Å². The predicted molar refractivity (Wildman–Crippen MR) is 64.6 cm³/mol. The van der Waals surface area contributed by atoms with Gasteiger partial charge in [0.15, 0.2) is 10.8 Å². The van der Waals surface area contributed by atoms with E-state index in [1.165, 1.54) is 6.33 Å². The summed E-state index contributed by atoms with van der Waals surface area (Å²) >= 11 is 5.88. The minimum absolute atomic E-state index is 0.347. The van der Waals surface area contributed by atoms with Gasteiger partial charge in [-0.1, -0.05) is 18.0 Å². The third-order valence-corrected chi connectivity index (χ3v) is 2.74. The lowest BCUT2D eigenvalue weighted by Gasteiger charge is -2.03. The lowest BCUT2D eigenvalue weighted by molar-refractivity contribution is 0.401. The van der Waals surface area contributed by atoms with E-state index in [9.17, 15) is 0 Å². The number of unbranched alkanes of at least 4 members (excludes halogenated alkanes) is 1. The van der Waals surface area contributed by atoms with E-state index in [0.29, 0.717) is 22.6 Å². The molecule has 0 atom stereocenters. The van der Waals surface area contributed by atoms with Gasteiger partial charge in [-0.3, -0.25) is 0 Å². The molecule has 0 aromatic carbocycles. The van der Waals surface area contributed by atoms with Gasteiger partial charge in [-0.05, 0) is 12.7 Å². The first kappa shape index (κ1) is 12.3. The molecular weight excluding hydrogens is 242 g/mol. The lowest BCUT2D eigenvalue weighted by atomic mass is 9.84. The highest BCUT2D eigenvalue weighted by Gasteiger charge is 2.09. The van der Waals surface area contributed by atoms with Gasteiger partial charge in [0.05, 0.1) is 6.33 Å². The van der Waals surface area contributed by atoms with Gasteiger partial charge in [0.25, 0.3) is 0 Å². The third-order valence-electron chi connectivity index (χ3n) is 2.47. The van der Waals surface area contributed by atoms with Crippen LogP contribution in [-0.2, 0) is 6.54 Å². The molecule has 2 aromatic rings. The van der Waals surface area contributed by atoms with Crippen LogP contribution in [0.3, 0.4) is 0 Å². The number of rotatable bonds is 5. The van der Waals surface area contributed by atoms with Crippen LogP contribution in [0.5, 0.6) is 0 Å². The summed E-state index contributed by atoms with van der Waals surface area (Å²) in [5, 5.41) is 17.8.